The predicted octanol–water partition coefficient (Wildman–Crippen LogP) is 3.57. The van der Waals surface area contributed by atoms with Crippen LogP contribution < -0.4 is 10.1 Å². The number of anilines is 1. The average molecular weight is 292 g/mol. The molecule has 1 N–H and O–H groups in total. The standard InChI is InChI=1S/C15H18ClN3O/c1-19-15-5-3-4-13(11(15)9-17-19)18-14-8-10(20-2)6-7-12(14)16/h6-9,13,18H,3-5H2,1-2H3. The zero-order valence-corrected chi connectivity index (χ0v) is 12.4. The third-order valence-electron chi connectivity index (χ3n) is 3.88. The summed E-state index contributed by atoms with van der Waals surface area (Å²) in [6.45, 7) is 0. The number of aryl methyl sites for hydroxylation is 1. The van der Waals surface area contributed by atoms with Crippen LogP contribution in [0.5, 0.6) is 5.75 Å². The zero-order chi connectivity index (χ0) is 14.1. The second kappa shape index (κ2) is 5.37. The monoisotopic (exact) mass is 291 g/mol. The van der Waals surface area contributed by atoms with Gasteiger partial charge in [0.15, 0.2) is 0 Å². The fraction of sp³-hybridized carbons (Fsp3) is 0.400. The highest BCUT2D eigenvalue weighted by atomic mass is 35.5. The summed E-state index contributed by atoms with van der Waals surface area (Å²) in [6, 6.07) is 5.92. The molecule has 4 nitrogen and oxygen atoms in total. The average Bonchev–Trinajstić information content (AvgIpc) is 2.84. The summed E-state index contributed by atoms with van der Waals surface area (Å²) in [7, 11) is 3.66. The third kappa shape index (κ3) is 2.36. The first-order valence-corrected chi connectivity index (χ1v) is 7.17. The first kappa shape index (κ1) is 13.3. The van der Waals surface area contributed by atoms with Crippen LogP contribution in [0.15, 0.2) is 24.4 Å². The zero-order valence-electron chi connectivity index (χ0n) is 11.7. The quantitative estimate of drug-likeness (QED) is 0.939. The SMILES string of the molecule is COc1ccc(Cl)c(NC2CCCc3c2cnn3C)c1. The van der Waals surface area contributed by atoms with E-state index in [0.717, 1.165) is 30.7 Å². The lowest BCUT2D eigenvalue weighted by atomic mass is 9.93. The van der Waals surface area contributed by atoms with E-state index in [1.54, 1.807) is 7.11 Å². The first-order chi connectivity index (χ1) is 9.69. The molecule has 0 saturated carbocycles. The van der Waals surface area contributed by atoms with Gasteiger partial charge in [0.1, 0.15) is 5.75 Å². The molecule has 5 heteroatoms. The molecule has 0 aliphatic heterocycles. The van der Waals surface area contributed by atoms with Crippen LogP contribution in [0.3, 0.4) is 0 Å². The summed E-state index contributed by atoms with van der Waals surface area (Å²) in [5.41, 5.74) is 3.50. The van der Waals surface area contributed by atoms with E-state index >= 15 is 0 Å². The van der Waals surface area contributed by atoms with Gasteiger partial charge in [-0.15, -0.1) is 0 Å². The number of hydrogen-bond donors (Lipinski definition) is 1. The Balaban J connectivity index is 1.89. The maximum absolute atomic E-state index is 6.27. The van der Waals surface area contributed by atoms with Crippen molar-refractivity contribution < 1.29 is 4.74 Å². The normalized spacial score (nSPS) is 17.6. The highest BCUT2D eigenvalue weighted by molar-refractivity contribution is 6.33. The van der Waals surface area contributed by atoms with Crippen LogP contribution in [0, 0.1) is 0 Å². The van der Waals surface area contributed by atoms with Gasteiger partial charge in [0.05, 0.1) is 30.1 Å². The fourth-order valence-corrected chi connectivity index (χ4v) is 2.96. The Hall–Kier alpha value is -1.68. The molecule has 0 spiro atoms. The number of aromatic nitrogens is 2. The van der Waals surface area contributed by atoms with E-state index in [0.29, 0.717) is 5.02 Å². The van der Waals surface area contributed by atoms with Crippen molar-refractivity contribution >= 4 is 17.3 Å². The number of nitrogens with one attached hydrogen (secondary N) is 1. The van der Waals surface area contributed by atoms with Gasteiger partial charge in [-0.2, -0.15) is 5.10 Å². The van der Waals surface area contributed by atoms with Crippen LogP contribution in [0.4, 0.5) is 5.69 Å². The molecule has 20 heavy (non-hydrogen) atoms. The molecule has 1 heterocycles. The Labute approximate surface area is 123 Å². The van der Waals surface area contributed by atoms with Crippen LogP contribution in [0.1, 0.15) is 30.1 Å². The van der Waals surface area contributed by atoms with Crippen molar-refractivity contribution in [2.45, 2.75) is 25.3 Å². The highest BCUT2D eigenvalue weighted by Gasteiger charge is 2.23. The van der Waals surface area contributed by atoms with E-state index in [-0.39, 0.29) is 6.04 Å². The maximum Gasteiger partial charge on any atom is 0.121 e. The lowest BCUT2D eigenvalue weighted by Gasteiger charge is -2.25. The van der Waals surface area contributed by atoms with Crippen molar-refractivity contribution in [3.05, 3.63) is 40.7 Å². The number of ether oxygens (including phenoxy) is 1. The summed E-state index contributed by atoms with van der Waals surface area (Å²) in [6.07, 6.45) is 5.30. The molecule has 1 aliphatic rings. The molecular weight excluding hydrogens is 274 g/mol. The molecule has 0 bridgehead atoms. The molecule has 1 aromatic heterocycles. The maximum atomic E-state index is 6.27. The van der Waals surface area contributed by atoms with Gasteiger partial charge in [-0.05, 0) is 31.4 Å². The fourth-order valence-electron chi connectivity index (χ4n) is 2.79. The minimum absolute atomic E-state index is 0.261. The third-order valence-corrected chi connectivity index (χ3v) is 4.21. The Morgan fingerprint density at radius 3 is 3.10 bits per heavy atom. The van der Waals surface area contributed by atoms with Gasteiger partial charge < -0.3 is 10.1 Å². The summed E-state index contributed by atoms with van der Waals surface area (Å²) in [5.74, 6) is 0.805. The van der Waals surface area contributed by atoms with Crippen LogP contribution >= 0.6 is 11.6 Å². The molecule has 0 radical (unpaired) electrons. The van der Waals surface area contributed by atoms with E-state index in [1.807, 2.05) is 36.1 Å². The number of halogens is 1. The second-order valence-electron chi connectivity index (χ2n) is 5.11. The number of hydrogen-bond acceptors (Lipinski definition) is 3. The minimum Gasteiger partial charge on any atom is -0.497 e. The second-order valence-corrected chi connectivity index (χ2v) is 5.51. The Kier molecular flexibility index (Phi) is 3.57. The van der Waals surface area contributed by atoms with Gasteiger partial charge >= 0.3 is 0 Å². The van der Waals surface area contributed by atoms with Crippen molar-refractivity contribution in [1.82, 2.24) is 9.78 Å². The smallest absolute Gasteiger partial charge is 0.121 e. The van der Waals surface area contributed by atoms with Crippen LogP contribution in [-0.4, -0.2) is 16.9 Å². The summed E-state index contributed by atoms with van der Waals surface area (Å²) < 4.78 is 7.23. The Morgan fingerprint density at radius 2 is 2.30 bits per heavy atom. The number of methoxy groups -OCH3 is 1. The van der Waals surface area contributed by atoms with Gasteiger partial charge in [0, 0.05) is 24.4 Å². The van der Waals surface area contributed by atoms with E-state index < -0.39 is 0 Å². The lowest BCUT2D eigenvalue weighted by molar-refractivity contribution is 0.415. The van der Waals surface area contributed by atoms with Crippen LogP contribution in [0.2, 0.25) is 5.02 Å². The largest absolute Gasteiger partial charge is 0.497 e. The van der Waals surface area contributed by atoms with E-state index in [9.17, 15) is 0 Å². The van der Waals surface area contributed by atoms with Crippen LogP contribution in [0.25, 0.3) is 0 Å². The van der Waals surface area contributed by atoms with E-state index in [1.165, 1.54) is 11.3 Å². The van der Waals surface area contributed by atoms with Crippen molar-refractivity contribution in [2.75, 3.05) is 12.4 Å². The van der Waals surface area contributed by atoms with Crippen molar-refractivity contribution in [3.8, 4) is 5.75 Å². The Morgan fingerprint density at radius 1 is 1.45 bits per heavy atom. The summed E-state index contributed by atoms with van der Waals surface area (Å²) >= 11 is 6.27. The van der Waals surface area contributed by atoms with Gasteiger partial charge in [-0.1, -0.05) is 11.6 Å². The van der Waals surface area contributed by atoms with E-state index in [2.05, 4.69) is 10.4 Å². The molecule has 1 aromatic carbocycles. The van der Waals surface area contributed by atoms with Crippen molar-refractivity contribution in [1.29, 1.82) is 0 Å². The Bertz CT molecular complexity index is 624. The molecule has 3 rings (SSSR count). The minimum atomic E-state index is 0.261. The summed E-state index contributed by atoms with van der Waals surface area (Å²) in [5, 5.41) is 8.60. The highest BCUT2D eigenvalue weighted by Crippen LogP contribution is 2.35. The lowest BCUT2D eigenvalue weighted by Crippen LogP contribution is -2.18. The number of rotatable bonds is 3. The molecular formula is C15H18ClN3O. The van der Waals surface area contributed by atoms with Gasteiger partial charge in [-0.25, -0.2) is 0 Å². The molecule has 1 unspecified atom stereocenters. The molecule has 0 saturated heterocycles. The van der Waals surface area contributed by atoms with Gasteiger partial charge in [-0.3, -0.25) is 4.68 Å². The van der Waals surface area contributed by atoms with Gasteiger partial charge in [0.25, 0.3) is 0 Å². The van der Waals surface area contributed by atoms with E-state index in [4.69, 9.17) is 16.3 Å². The molecule has 1 aliphatic carbocycles. The molecule has 0 fully saturated rings. The summed E-state index contributed by atoms with van der Waals surface area (Å²) in [4.78, 5) is 0. The molecule has 2 aromatic rings. The van der Waals surface area contributed by atoms with Crippen LogP contribution in [-0.2, 0) is 13.5 Å². The molecule has 0 amide bonds. The van der Waals surface area contributed by atoms with Crippen molar-refractivity contribution in [3.63, 3.8) is 0 Å². The van der Waals surface area contributed by atoms with Gasteiger partial charge in [0.2, 0.25) is 0 Å². The molecule has 1 atom stereocenters. The first-order valence-electron chi connectivity index (χ1n) is 6.80. The topological polar surface area (TPSA) is 39.1 Å². The number of nitrogens with zero attached hydrogens (tertiary/aromatic N) is 2. The molecule has 106 valence electrons. The number of benzene rings is 1. The van der Waals surface area contributed by atoms with Crippen molar-refractivity contribution in [2.24, 2.45) is 7.05 Å². The number of fused-ring (bicyclic) bond motifs is 1. The predicted molar refractivity (Wildman–Crippen MR) is 80.5 cm³/mol.